The molecule has 0 amide bonds. The number of aliphatic hydroxyl groups excluding tert-OH is 1. The quantitative estimate of drug-likeness (QED) is 0.424. The number of carbonyl (C=O) groups excluding carboxylic acids is 1. The zero-order chi connectivity index (χ0) is 26.1. The van der Waals surface area contributed by atoms with Gasteiger partial charge in [-0.25, -0.2) is 0 Å². The highest BCUT2D eigenvalue weighted by molar-refractivity contribution is 5.79. The first-order chi connectivity index (χ1) is 17.8. The van der Waals surface area contributed by atoms with Crippen molar-refractivity contribution < 1.29 is 33.6 Å². The van der Waals surface area contributed by atoms with Gasteiger partial charge in [-0.05, 0) is 69.3 Å². The van der Waals surface area contributed by atoms with Crippen LogP contribution in [0.5, 0.6) is 0 Å². The van der Waals surface area contributed by atoms with Crippen LogP contribution in [-0.4, -0.2) is 78.5 Å². The van der Waals surface area contributed by atoms with Crippen molar-refractivity contribution in [3.8, 4) is 0 Å². The maximum absolute atomic E-state index is 12.9. The molecule has 5 aliphatic heterocycles. The SMILES string of the molecule is C=C1[C@H](C)C[C@H](CC)O[C@@H]1C[C@@H]1OCC[C@H]1CC(=O)C[C@H](O)CC[C@H]1CC[C@H]2C[C@H]3O[C@@H](C)C(O1)[C@H]3O2. The van der Waals surface area contributed by atoms with E-state index in [0.717, 1.165) is 56.9 Å². The molecule has 2 bridgehead atoms. The number of hydrogen-bond acceptors (Lipinski definition) is 7. The molecular formula is C30H48O7. The first kappa shape index (κ1) is 27.7. The van der Waals surface area contributed by atoms with Crippen LogP contribution in [-0.2, 0) is 28.5 Å². The molecule has 1 unspecified atom stereocenters. The lowest BCUT2D eigenvalue weighted by molar-refractivity contribution is -0.129. The van der Waals surface area contributed by atoms with Gasteiger partial charge in [-0.15, -0.1) is 0 Å². The molecule has 12 atom stereocenters. The normalized spacial score (nSPS) is 44.5. The minimum absolute atomic E-state index is 0.00710. The molecule has 7 nitrogen and oxygen atoms in total. The van der Waals surface area contributed by atoms with Crippen molar-refractivity contribution in [3.05, 3.63) is 12.2 Å². The van der Waals surface area contributed by atoms with Crippen LogP contribution in [0.1, 0.15) is 91.4 Å². The number of carbonyl (C=O) groups is 1. The van der Waals surface area contributed by atoms with Gasteiger partial charge in [0, 0.05) is 32.3 Å². The van der Waals surface area contributed by atoms with Crippen LogP contribution in [0, 0.1) is 11.8 Å². The molecule has 0 radical (unpaired) electrons. The second-order valence-corrected chi connectivity index (χ2v) is 12.4. The van der Waals surface area contributed by atoms with Crippen molar-refractivity contribution in [2.24, 2.45) is 11.8 Å². The van der Waals surface area contributed by atoms with E-state index < -0.39 is 6.10 Å². The van der Waals surface area contributed by atoms with Crippen LogP contribution in [0.2, 0.25) is 0 Å². The van der Waals surface area contributed by atoms with E-state index in [1.165, 1.54) is 0 Å². The zero-order valence-electron chi connectivity index (χ0n) is 23.0. The molecule has 37 heavy (non-hydrogen) atoms. The fourth-order valence-electron chi connectivity index (χ4n) is 7.27. The summed E-state index contributed by atoms with van der Waals surface area (Å²) in [6.45, 7) is 11.5. The van der Waals surface area contributed by atoms with Gasteiger partial charge in [-0.2, -0.15) is 0 Å². The molecule has 7 heteroatoms. The summed E-state index contributed by atoms with van der Waals surface area (Å²) in [5, 5.41) is 10.7. The van der Waals surface area contributed by atoms with E-state index in [0.29, 0.717) is 25.4 Å². The van der Waals surface area contributed by atoms with Gasteiger partial charge in [0.05, 0.1) is 48.8 Å². The molecule has 0 aliphatic carbocycles. The lowest BCUT2D eigenvalue weighted by atomic mass is 9.83. The monoisotopic (exact) mass is 520 g/mol. The number of aliphatic hydroxyl groups is 1. The molecule has 0 aromatic carbocycles. The highest BCUT2D eigenvalue weighted by Crippen LogP contribution is 2.41. The summed E-state index contributed by atoms with van der Waals surface area (Å²) in [7, 11) is 0. The van der Waals surface area contributed by atoms with Gasteiger partial charge in [0.25, 0.3) is 0 Å². The summed E-state index contributed by atoms with van der Waals surface area (Å²) in [6, 6.07) is 0. The van der Waals surface area contributed by atoms with Crippen molar-refractivity contribution in [1.29, 1.82) is 0 Å². The molecule has 5 rings (SSSR count). The summed E-state index contributed by atoms with van der Waals surface area (Å²) in [5.74, 6) is 0.771. The predicted molar refractivity (Wildman–Crippen MR) is 139 cm³/mol. The fourth-order valence-corrected chi connectivity index (χ4v) is 7.27. The van der Waals surface area contributed by atoms with Crippen LogP contribution >= 0.6 is 0 Å². The Morgan fingerprint density at radius 3 is 2.70 bits per heavy atom. The lowest BCUT2D eigenvalue weighted by Crippen LogP contribution is -2.39. The van der Waals surface area contributed by atoms with Crippen molar-refractivity contribution in [1.82, 2.24) is 0 Å². The van der Waals surface area contributed by atoms with E-state index in [1.807, 2.05) is 0 Å². The van der Waals surface area contributed by atoms with Crippen LogP contribution in [0.4, 0.5) is 0 Å². The minimum atomic E-state index is -0.632. The lowest BCUT2D eigenvalue weighted by Gasteiger charge is -2.37. The third-order valence-corrected chi connectivity index (χ3v) is 9.59. The minimum Gasteiger partial charge on any atom is -0.393 e. The van der Waals surface area contributed by atoms with Gasteiger partial charge in [0.1, 0.15) is 18.0 Å². The van der Waals surface area contributed by atoms with E-state index >= 15 is 0 Å². The molecule has 0 aromatic rings. The topological polar surface area (TPSA) is 83.5 Å². The number of hydrogen-bond donors (Lipinski definition) is 1. The van der Waals surface area contributed by atoms with Crippen molar-refractivity contribution >= 4 is 5.78 Å². The Kier molecular flexibility index (Phi) is 9.09. The Balaban J connectivity index is 1.06. The van der Waals surface area contributed by atoms with Gasteiger partial charge in [-0.3, -0.25) is 4.79 Å². The van der Waals surface area contributed by atoms with Gasteiger partial charge in [0.2, 0.25) is 0 Å². The molecule has 0 aromatic heterocycles. The summed E-state index contributed by atoms with van der Waals surface area (Å²) in [6.07, 6.45) is 8.80. The third-order valence-electron chi connectivity index (χ3n) is 9.59. The number of fused-ring (bicyclic) bond motifs is 1. The van der Waals surface area contributed by atoms with E-state index in [1.54, 1.807) is 0 Å². The molecule has 0 saturated carbocycles. The molecule has 5 fully saturated rings. The highest BCUT2D eigenvalue weighted by atomic mass is 16.6. The number of ketones is 1. The second-order valence-electron chi connectivity index (χ2n) is 12.4. The van der Waals surface area contributed by atoms with Crippen LogP contribution in [0.3, 0.4) is 0 Å². The molecule has 0 spiro atoms. The van der Waals surface area contributed by atoms with E-state index in [9.17, 15) is 9.90 Å². The van der Waals surface area contributed by atoms with Crippen LogP contribution < -0.4 is 0 Å². The Hall–Kier alpha value is -0.830. The van der Waals surface area contributed by atoms with Crippen molar-refractivity contribution in [3.63, 3.8) is 0 Å². The summed E-state index contributed by atoms with van der Waals surface area (Å²) < 4.78 is 31.0. The summed E-state index contributed by atoms with van der Waals surface area (Å²) in [5.41, 5.74) is 1.16. The first-order valence-corrected chi connectivity index (χ1v) is 14.9. The van der Waals surface area contributed by atoms with Gasteiger partial charge >= 0.3 is 0 Å². The Morgan fingerprint density at radius 2 is 1.89 bits per heavy atom. The Bertz CT molecular complexity index is 801. The fraction of sp³-hybridized carbons (Fsp3) is 0.900. The summed E-state index contributed by atoms with van der Waals surface area (Å²) >= 11 is 0. The molecule has 1 N–H and O–H groups in total. The number of Topliss-reactive ketones (excluding diaryl/α,β-unsaturated/α-hetero) is 1. The molecule has 5 heterocycles. The summed E-state index contributed by atoms with van der Waals surface area (Å²) in [4.78, 5) is 12.9. The first-order valence-electron chi connectivity index (χ1n) is 14.9. The number of ether oxygens (including phenoxy) is 5. The Labute approximate surface area is 222 Å². The van der Waals surface area contributed by atoms with Gasteiger partial charge in [-0.1, -0.05) is 20.4 Å². The van der Waals surface area contributed by atoms with E-state index in [2.05, 4.69) is 27.4 Å². The molecule has 5 aliphatic rings. The molecule has 5 saturated heterocycles. The van der Waals surface area contributed by atoms with Gasteiger partial charge in [0.15, 0.2) is 0 Å². The largest absolute Gasteiger partial charge is 0.393 e. The van der Waals surface area contributed by atoms with Crippen molar-refractivity contribution in [2.45, 2.75) is 152 Å². The van der Waals surface area contributed by atoms with Crippen LogP contribution in [0.25, 0.3) is 0 Å². The van der Waals surface area contributed by atoms with E-state index in [-0.39, 0.29) is 73.1 Å². The molecule has 210 valence electrons. The maximum atomic E-state index is 12.9. The van der Waals surface area contributed by atoms with Crippen LogP contribution in [0.15, 0.2) is 12.2 Å². The predicted octanol–water partition coefficient (Wildman–Crippen LogP) is 4.52. The third kappa shape index (κ3) is 6.50. The standard InChI is InChI=1S/C30H48O7/c1-5-23-12-17(2)18(3)26(35-23)16-27-20(10-11-33-27)13-22(32)14-21(31)6-7-24-8-9-25-15-28-30(37-25)29(36-24)19(4)34-28/h17,19-21,23-31H,3,5-16H2,1-2,4H3/t17-,19+,20+,21-,23+,24+,25+,26-,27+,28-,29?,30+/m1/s1. The van der Waals surface area contributed by atoms with E-state index in [4.69, 9.17) is 23.7 Å². The zero-order valence-corrected chi connectivity index (χ0v) is 23.0. The Morgan fingerprint density at radius 1 is 1.05 bits per heavy atom. The smallest absolute Gasteiger partial charge is 0.135 e. The molecular weight excluding hydrogens is 472 g/mol. The maximum Gasteiger partial charge on any atom is 0.135 e. The van der Waals surface area contributed by atoms with Crippen molar-refractivity contribution in [2.75, 3.05) is 6.61 Å². The average Bonchev–Trinajstić information content (AvgIpc) is 3.53. The average molecular weight is 521 g/mol. The second kappa shape index (κ2) is 12.1. The van der Waals surface area contributed by atoms with Gasteiger partial charge < -0.3 is 28.8 Å². The number of rotatable bonds is 10. The highest BCUT2D eigenvalue weighted by Gasteiger charge is 2.51.